The second-order valence-corrected chi connectivity index (χ2v) is 7.62. The van der Waals surface area contributed by atoms with Crippen LogP contribution in [0.3, 0.4) is 0 Å². The first-order valence-electron chi connectivity index (χ1n) is 8.69. The van der Waals surface area contributed by atoms with Gasteiger partial charge in [-0.2, -0.15) is 0 Å². The van der Waals surface area contributed by atoms with E-state index in [0.717, 1.165) is 32.2 Å². The molecule has 1 saturated heterocycles. The molecule has 0 saturated carbocycles. The van der Waals surface area contributed by atoms with Crippen molar-refractivity contribution in [1.29, 1.82) is 0 Å². The summed E-state index contributed by atoms with van der Waals surface area (Å²) in [7, 11) is 2.12. The third-order valence-corrected chi connectivity index (χ3v) is 4.99. The quantitative estimate of drug-likeness (QED) is 0.787. The smallest absolute Gasteiger partial charge is 0.256 e. The minimum atomic E-state index is -0.746. The minimum absolute atomic E-state index is 0.0434. The summed E-state index contributed by atoms with van der Waals surface area (Å²) in [6.07, 6.45) is 10.7. The third-order valence-electron chi connectivity index (χ3n) is 4.99. The van der Waals surface area contributed by atoms with E-state index in [2.05, 4.69) is 42.4 Å². The molecule has 22 heavy (non-hydrogen) atoms. The highest BCUT2D eigenvalue weighted by Crippen LogP contribution is 2.37. The van der Waals surface area contributed by atoms with E-state index in [-0.39, 0.29) is 11.7 Å². The fourth-order valence-electron chi connectivity index (χ4n) is 3.36. The first-order chi connectivity index (χ1) is 10.2. The Labute approximate surface area is 135 Å². The molecule has 126 valence electrons. The predicted molar refractivity (Wildman–Crippen MR) is 87.6 cm³/mol. The molecule has 1 N–H and O–H groups in total. The Kier molecular flexibility index (Phi) is 5.33. The monoisotopic (exact) mass is 309 g/mol. The minimum Gasteiger partial charge on any atom is -0.388 e. The van der Waals surface area contributed by atoms with E-state index in [1.54, 1.807) is 0 Å². The number of imidazole rings is 1. The van der Waals surface area contributed by atoms with Gasteiger partial charge in [0.25, 0.3) is 5.82 Å². The molecule has 1 aliphatic rings. The van der Waals surface area contributed by atoms with Crippen LogP contribution in [-0.2, 0) is 24.8 Å². The van der Waals surface area contributed by atoms with Crippen molar-refractivity contribution in [3.63, 3.8) is 0 Å². The van der Waals surface area contributed by atoms with Gasteiger partial charge in [0.2, 0.25) is 0 Å². The second-order valence-electron chi connectivity index (χ2n) is 7.62. The van der Waals surface area contributed by atoms with Crippen molar-refractivity contribution in [2.24, 2.45) is 7.05 Å². The van der Waals surface area contributed by atoms with Crippen LogP contribution in [0.5, 0.6) is 0 Å². The average molecular weight is 309 g/mol. The molecule has 4 heteroatoms. The molecule has 2 rings (SSSR count). The van der Waals surface area contributed by atoms with Crippen molar-refractivity contribution in [1.82, 2.24) is 4.57 Å². The van der Waals surface area contributed by atoms with Crippen molar-refractivity contribution in [2.75, 3.05) is 0 Å². The van der Waals surface area contributed by atoms with E-state index in [0.29, 0.717) is 0 Å². The summed E-state index contributed by atoms with van der Waals surface area (Å²) in [5.41, 5.74) is -0.860. The maximum atomic E-state index is 10.2. The van der Waals surface area contributed by atoms with Crippen LogP contribution in [-0.4, -0.2) is 27.0 Å². The summed E-state index contributed by atoms with van der Waals surface area (Å²) in [5.74, 6) is 1.37. The fraction of sp³-hybridized carbons (Fsp3) is 0.833. The number of hydrogen-bond donors (Lipinski definition) is 1. The normalized spacial score (nSPS) is 25.8. The van der Waals surface area contributed by atoms with Gasteiger partial charge in [-0.15, -0.1) is 0 Å². The maximum absolute atomic E-state index is 10.2. The number of unbranched alkanes of at least 4 members (excludes halogenated alkanes) is 1. The van der Waals surface area contributed by atoms with Gasteiger partial charge in [-0.05, 0) is 46.5 Å². The predicted octanol–water partition coefficient (Wildman–Crippen LogP) is 2.75. The number of aliphatic hydroxyl groups is 1. The number of aromatic nitrogens is 2. The topological polar surface area (TPSA) is 38.3 Å². The number of hydrogen-bond acceptors (Lipinski definition) is 2. The lowest BCUT2D eigenvalue weighted by Gasteiger charge is -2.29. The van der Waals surface area contributed by atoms with E-state index < -0.39 is 5.60 Å². The molecular weight excluding hydrogens is 276 g/mol. The van der Waals surface area contributed by atoms with Crippen LogP contribution in [0.15, 0.2) is 12.4 Å². The Bertz CT molecular complexity index is 490. The van der Waals surface area contributed by atoms with Gasteiger partial charge in [0.1, 0.15) is 12.4 Å². The van der Waals surface area contributed by atoms with Crippen LogP contribution < -0.4 is 4.57 Å². The van der Waals surface area contributed by atoms with E-state index in [1.807, 2.05) is 13.8 Å². The molecule has 1 aliphatic heterocycles. The highest BCUT2D eigenvalue weighted by molar-refractivity contribution is 4.94. The van der Waals surface area contributed by atoms with Crippen molar-refractivity contribution >= 4 is 0 Å². The lowest BCUT2D eigenvalue weighted by molar-refractivity contribution is -0.679. The summed E-state index contributed by atoms with van der Waals surface area (Å²) in [6.45, 7) is 9.21. The van der Waals surface area contributed by atoms with Gasteiger partial charge in [0.05, 0.1) is 37.3 Å². The number of nitrogens with zero attached hydrogens (tertiary/aromatic N) is 2. The van der Waals surface area contributed by atoms with Gasteiger partial charge in [-0.1, -0.05) is 13.3 Å². The summed E-state index contributed by atoms with van der Waals surface area (Å²) < 4.78 is 10.8. The molecule has 1 aromatic heterocycles. The van der Waals surface area contributed by atoms with Crippen LogP contribution in [0, 0.1) is 0 Å². The van der Waals surface area contributed by atoms with Crippen molar-refractivity contribution < 1.29 is 14.4 Å². The van der Waals surface area contributed by atoms with Gasteiger partial charge >= 0.3 is 0 Å². The van der Waals surface area contributed by atoms with Crippen LogP contribution in [0.1, 0.15) is 65.6 Å². The van der Waals surface area contributed by atoms with E-state index in [4.69, 9.17) is 4.74 Å². The Morgan fingerprint density at radius 2 is 2.23 bits per heavy atom. The Morgan fingerprint density at radius 3 is 2.82 bits per heavy atom. The zero-order valence-corrected chi connectivity index (χ0v) is 14.9. The molecule has 1 aromatic rings. The summed E-state index contributed by atoms with van der Waals surface area (Å²) >= 11 is 0. The van der Waals surface area contributed by atoms with Crippen LogP contribution in [0.4, 0.5) is 0 Å². The van der Waals surface area contributed by atoms with Gasteiger partial charge in [0, 0.05) is 0 Å². The maximum Gasteiger partial charge on any atom is 0.256 e. The van der Waals surface area contributed by atoms with E-state index in [9.17, 15) is 5.11 Å². The number of aryl methyl sites for hydroxylation is 2. The molecule has 0 aromatic carbocycles. The van der Waals surface area contributed by atoms with Crippen molar-refractivity contribution in [2.45, 2.75) is 90.1 Å². The van der Waals surface area contributed by atoms with Crippen molar-refractivity contribution in [3.05, 3.63) is 18.2 Å². The molecule has 4 nitrogen and oxygen atoms in total. The van der Waals surface area contributed by atoms with Gasteiger partial charge < -0.3 is 9.84 Å². The Morgan fingerprint density at radius 1 is 1.50 bits per heavy atom. The first kappa shape index (κ1) is 17.5. The lowest BCUT2D eigenvalue weighted by Crippen LogP contribution is -2.39. The number of rotatable bonds is 7. The zero-order valence-electron chi connectivity index (χ0n) is 14.9. The molecule has 2 atom stereocenters. The SMILES string of the molecule is CCCCn1cc[n+](C)c1CCC1(C)CCC(C(C)(C)O)O1. The second kappa shape index (κ2) is 6.71. The molecule has 0 bridgehead atoms. The number of ether oxygens (including phenoxy) is 1. The molecule has 0 amide bonds. The summed E-state index contributed by atoms with van der Waals surface area (Å²) in [4.78, 5) is 0. The highest BCUT2D eigenvalue weighted by atomic mass is 16.5. The van der Waals surface area contributed by atoms with Gasteiger partial charge in [0.15, 0.2) is 0 Å². The first-order valence-corrected chi connectivity index (χ1v) is 8.69. The Balaban J connectivity index is 1.97. The van der Waals surface area contributed by atoms with E-state index >= 15 is 0 Å². The molecule has 2 unspecified atom stereocenters. The van der Waals surface area contributed by atoms with Gasteiger partial charge in [-0.3, -0.25) is 0 Å². The standard InChI is InChI=1S/C18H33N2O2/c1-6-7-12-20-14-13-19(5)16(20)9-11-18(4)10-8-15(22-18)17(2,3)21/h13-15,21H,6-12H2,1-5H3/q+1. The molecule has 0 aliphatic carbocycles. The average Bonchev–Trinajstić information content (AvgIpc) is 2.98. The molecular formula is C18H33N2O2+. The van der Waals surface area contributed by atoms with E-state index in [1.165, 1.54) is 18.7 Å². The van der Waals surface area contributed by atoms with Crippen LogP contribution in [0.2, 0.25) is 0 Å². The summed E-state index contributed by atoms with van der Waals surface area (Å²) in [5, 5.41) is 10.2. The Hall–Kier alpha value is -0.870. The molecule has 0 radical (unpaired) electrons. The fourth-order valence-corrected chi connectivity index (χ4v) is 3.36. The molecule has 2 heterocycles. The van der Waals surface area contributed by atoms with Gasteiger partial charge in [-0.25, -0.2) is 9.13 Å². The zero-order chi connectivity index (χ0) is 16.4. The molecule has 0 spiro atoms. The summed E-state index contributed by atoms with van der Waals surface area (Å²) in [6, 6.07) is 0. The molecule has 1 fully saturated rings. The third kappa shape index (κ3) is 4.11. The largest absolute Gasteiger partial charge is 0.388 e. The van der Waals surface area contributed by atoms with Crippen molar-refractivity contribution in [3.8, 4) is 0 Å². The van der Waals surface area contributed by atoms with Crippen LogP contribution >= 0.6 is 0 Å². The lowest BCUT2D eigenvalue weighted by atomic mass is 9.94. The van der Waals surface area contributed by atoms with Crippen LogP contribution in [0.25, 0.3) is 0 Å². The highest BCUT2D eigenvalue weighted by Gasteiger charge is 2.42.